The fraction of sp³-hybridized carbons (Fsp3) is 0.462. The molecule has 1 aliphatic heterocycles. The van der Waals surface area contributed by atoms with Gasteiger partial charge in [-0.1, -0.05) is 62.9 Å². The maximum atomic E-state index is 14.2. The molecule has 2 amide bonds. The van der Waals surface area contributed by atoms with Gasteiger partial charge in [0.25, 0.3) is 11.8 Å². The van der Waals surface area contributed by atoms with Crippen LogP contribution in [0, 0.1) is 0 Å². The van der Waals surface area contributed by atoms with E-state index in [0.29, 0.717) is 18.8 Å². The van der Waals surface area contributed by atoms with E-state index in [-0.39, 0.29) is 17.9 Å². The van der Waals surface area contributed by atoms with Crippen molar-refractivity contribution in [2.24, 2.45) is 0 Å². The van der Waals surface area contributed by atoms with Crippen molar-refractivity contribution in [2.75, 3.05) is 6.54 Å². The lowest BCUT2D eigenvalue weighted by atomic mass is 9.83. The number of carbonyl (C=O) groups is 2. The number of nitrogens with zero attached hydrogens (tertiary/aromatic N) is 2. The molecule has 1 unspecified atom stereocenters. The summed E-state index contributed by atoms with van der Waals surface area (Å²) in [6, 6.07) is 14.1. The molecular weight excluding hydrogens is 418 g/mol. The van der Waals surface area contributed by atoms with Crippen LogP contribution in [0.15, 0.2) is 47.8 Å². The van der Waals surface area contributed by atoms with Gasteiger partial charge >= 0.3 is 0 Å². The molecule has 1 fully saturated rings. The van der Waals surface area contributed by atoms with Crippen LogP contribution in [0.5, 0.6) is 0 Å². The zero-order valence-corrected chi connectivity index (χ0v) is 19.5. The maximum absolute atomic E-state index is 14.2. The Hall–Kier alpha value is -2.60. The van der Waals surface area contributed by atoms with Gasteiger partial charge in [-0.3, -0.25) is 9.59 Å². The molecule has 5 nitrogen and oxygen atoms in total. The van der Waals surface area contributed by atoms with Crippen molar-refractivity contribution < 1.29 is 9.59 Å². The third-order valence-corrected chi connectivity index (χ3v) is 7.95. The molecule has 32 heavy (non-hydrogen) atoms. The molecule has 6 heteroatoms. The summed E-state index contributed by atoms with van der Waals surface area (Å²) in [5.74, 6) is -0.0958. The smallest absolute Gasteiger partial charge is 0.271 e. The van der Waals surface area contributed by atoms with Gasteiger partial charge < -0.3 is 14.8 Å². The highest BCUT2D eigenvalue weighted by molar-refractivity contribution is 7.17. The van der Waals surface area contributed by atoms with Gasteiger partial charge in [0, 0.05) is 12.6 Å². The van der Waals surface area contributed by atoms with Crippen molar-refractivity contribution in [1.82, 2.24) is 14.8 Å². The first-order valence-electron chi connectivity index (χ1n) is 11.9. The molecule has 3 aromatic rings. The minimum atomic E-state index is -1.05. The van der Waals surface area contributed by atoms with E-state index < -0.39 is 5.54 Å². The van der Waals surface area contributed by atoms with Crippen molar-refractivity contribution in [1.29, 1.82) is 0 Å². The summed E-state index contributed by atoms with van der Waals surface area (Å²) in [5, 5.41) is 5.45. The molecular formula is C26H31N3O2S. The first-order valence-corrected chi connectivity index (χ1v) is 12.8. The van der Waals surface area contributed by atoms with Crippen LogP contribution >= 0.6 is 11.3 Å². The van der Waals surface area contributed by atoms with Crippen LogP contribution in [-0.4, -0.2) is 33.9 Å². The van der Waals surface area contributed by atoms with Crippen molar-refractivity contribution in [3.8, 4) is 0 Å². The molecule has 1 saturated carbocycles. The zero-order valence-electron chi connectivity index (χ0n) is 18.7. The number of aromatic nitrogens is 1. The first-order chi connectivity index (χ1) is 15.6. The Labute approximate surface area is 193 Å². The molecule has 168 valence electrons. The standard InChI is InChI=1S/C26H31N3O2S/c1-2-15-29-24(30)22-17-23-21(14-16-32-23)28(22)18-26(29,19-10-6-5-7-11-19)25(31)27-20-12-8-3-4-9-13-20/h5-7,10-11,14,16-17,20H,2-4,8-9,12-13,15,18H2,1H3,(H,27,31). The molecule has 1 aliphatic carbocycles. The largest absolute Gasteiger partial charge is 0.351 e. The molecule has 0 bridgehead atoms. The Morgan fingerprint density at radius 1 is 1.12 bits per heavy atom. The minimum absolute atomic E-state index is 0.0415. The average Bonchev–Trinajstić information content (AvgIpc) is 3.30. The predicted molar refractivity (Wildman–Crippen MR) is 129 cm³/mol. The van der Waals surface area contributed by atoms with Crippen LogP contribution in [0.1, 0.15) is 67.9 Å². The molecule has 3 heterocycles. The number of nitrogens with one attached hydrogen (secondary N) is 1. The van der Waals surface area contributed by atoms with Gasteiger partial charge in [0.15, 0.2) is 5.54 Å². The summed E-state index contributed by atoms with van der Waals surface area (Å²) in [6.07, 6.45) is 7.60. The van der Waals surface area contributed by atoms with Gasteiger partial charge in [-0.05, 0) is 42.3 Å². The van der Waals surface area contributed by atoms with Gasteiger partial charge in [-0.15, -0.1) is 11.3 Å². The number of thiophene rings is 1. The van der Waals surface area contributed by atoms with E-state index in [1.807, 2.05) is 41.3 Å². The summed E-state index contributed by atoms with van der Waals surface area (Å²) in [4.78, 5) is 29.9. The quantitative estimate of drug-likeness (QED) is 0.537. The second-order valence-corrected chi connectivity index (χ2v) is 10.1. The second kappa shape index (κ2) is 8.74. The summed E-state index contributed by atoms with van der Waals surface area (Å²) in [5.41, 5.74) is 1.56. The SMILES string of the molecule is CCCN1C(=O)c2cc3sccc3n2CC1(C(=O)NC1CCCCCC1)c1ccccc1. The molecule has 0 spiro atoms. The van der Waals surface area contributed by atoms with Crippen LogP contribution in [0.2, 0.25) is 0 Å². The Morgan fingerprint density at radius 3 is 2.59 bits per heavy atom. The van der Waals surface area contributed by atoms with E-state index in [1.54, 1.807) is 11.3 Å². The van der Waals surface area contributed by atoms with E-state index in [0.717, 1.165) is 47.9 Å². The molecule has 0 saturated heterocycles. The van der Waals surface area contributed by atoms with Gasteiger partial charge in [0.05, 0.1) is 16.8 Å². The van der Waals surface area contributed by atoms with Crippen LogP contribution in [0.25, 0.3) is 10.2 Å². The first kappa shape index (κ1) is 21.3. The Balaban J connectivity index is 1.64. The van der Waals surface area contributed by atoms with Crippen LogP contribution < -0.4 is 5.32 Å². The number of fused-ring (bicyclic) bond motifs is 3. The van der Waals surface area contributed by atoms with Crippen LogP contribution in [-0.2, 0) is 16.9 Å². The Morgan fingerprint density at radius 2 is 1.88 bits per heavy atom. The number of carbonyl (C=O) groups excluding carboxylic acids is 2. The number of hydrogen-bond acceptors (Lipinski definition) is 3. The number of hydrogen-bond donors (Lipinski definition) is 1. The van der Waals surface area contributed by atoms with E-state index in [9.17, 15) is 9.59 Å². The fourth-order valence-corrected chi connectivity index (χ4v) is 6.30. The van der Waals surface area contributed by atoms with E-state index >= 15 is 0 Å². The number of benzene rings is 1. The average molecular weight is 450 g/mol. The summed E-state index contributed by atoms with van der Waals surface area (Å²) >= 11 is 1.64. The zero-order chi connectivity index (χ0) is 22.1. The highest BCUT2D eigenvalue weighted by atomic mass is 32.1. The van der Waals surface area contributed by atoms with E-state index in [1.165, 1.54) is 12.8 Å². The van der Waals surface area contributed by atoms with Gasteiger partial charge in [0.1, 0.15) is 5.69 Å². The molecule has 1 aromatic carbocycles. The number of rotatable bonds is 5. The topological polar surface area (TPSA) is 54.3 Å². The van der Waals surface area contributed by atoms with Crippen LogP contribution in [0.4, 0.5) is 0 Å². The lowest BCUT2D eigenvalue weighted by Crippen LogP contribution is -2.64. The molecule has 0 radical (unpaired) electrons. The third-order valence-electron chi connectivity index (χ3n) is 7.10. The third kappa shape index (κ3) is 3.45. The Bertz CT molecular complexity index is 1110. The van der Waals surface area contributed by atoms with Crippen molar-refractivity contribution in [3.63, 3.8) is 0 Å². The second-order valence-electron chi connectivity index (χ2n) is 9.13. The summed E-state index contributed by atoms with van der Waals surface area (Å²) in [6.45, 7) is 3.06. The predicted octanol–water partition coefficient (Wildman–Crippen LogP) is 5.30. The van der Waals surface area contributed by atoms with Gasteiger partial charge in [-0.25, -0.2) is 0 Å². The monoisotopic (exact) mass is 449 g/mol. The maximum Gasteiger partial charge on any atom is 0.271 e. The van der Waals surface area contributed by atoms with Crippen LogP contribution in [0.3, 0.4) is 0 Å². The van der Waals surface area contributed by atoms with Gasteiger partial charge in [0.2, 0.25) is 0 Å². The van der Waals surface area contributed by atoms with Crippen molar-refractivity contribution in [2.45, 2.75) is 70.0 Å². The normalized spacial score (nSPS) is 22.0. The molecule has 5 rings (SSSR count). The molecule has 2 aromatic heterocycles. The fourth-order valence-electron chi connectivity index (χ4n) is 5.48. The van der Waals surface area contributed by atoms with Crippen molar-refractivity contribution in [3.05, 3.63) is 59.1 Å². The molecule has 2 aliphatic rings. The molecule has 1 N–H and O–H groups in total. The van der Waals surface area contributed by atoms with E-state index in [4.69, 9.17) is 0 Å². The summed E-state index contributed by atoms with van der Waals surface area (Å²) in [7, 11) is 0. The van der Waals surface area contributed by atoms with Gasteiger partial charge in [-0.2, -0.15) is 0 Å². The Kier molecular flexibility index (Phi) is 5.80. The van der Waals surface area contributed by atoms with E-state index in [2.05, 4.69) is 28.3 Å². The highest BCUT2D eigenvalue weighted by Crippen LogP contribution is 2.40. The number of amides is 2. The van der Waals surface area contributed by atoms with Crippen molar-refractivity contribution >= 4 is 33.4 Å². The summed E-state index contributed by atoms with van der Waals surface area (Å²) < 4.78 is 3.16. The highest BCUT2D eigenvalue weighted by Gasteiger charge is 2.52. The lowest BCUT2D eigenvalue weighted by molar-refractivity contribution is -0.135. The lowest BCUT2D eigenvalue weighted by Gasteiger charge is -2.47. The molecule has 1 atom stereocenters. The minimum Gasteiger partial charge on any atom is -0.351 e.